The molecule has 0 fully saturated rings. The quantitative estimate of drug-likeness (QED) is 0.451. The van der Waals surface area contributed by atoms with Gasteiger partial charge in [-0.15, -0.1) is 17.9 Å². The van der Waals surface area contributed by atoms with Crippen LogP contribution in [0.3, 0.4) is 0 Å². The van der Waals surface area contributed by atoms with Gasteiger partial charge in [0.15, 0.2) is 5.96 Å². The summed E-state index contributed by atoms with van der Waals surface area (Å²) in [6.45, 7) is 10.2. The summed E-state index contributed by atoms with van der Waals surface area (Å²) in [6.07, 6.45) is 3.72. The normalized spacial score (nSPS) is 11.3. The van der Waals surface area contributed by atoms with Crippen LogP contribution in [0, 0.1) is 0 Å². The summed E-state index contributed by atoms with van der Waals surface area (Å²) in [5.74, 6) is 0.836. The van der Waals surface area contributed by atoms with Crippen LogP contribution in [-0.4, -0.2) is 30.6 Å². The highest BCUT2D eigenvalue weighted by Gasteiger charge is 2.00. The Hall–Kier alpha value is -1.36. The standard InChI is InChI=1S/C13H22N4S/c1-4-8-15-13(14-6-3)16-9-7-11-10-18-12(5-2)17-11/h4,10H,1,5-9H2,2-3H3,(H2,14,15,16). The number of thiazole rings is 1. The molecule has 1 aromatic rings. The molecule has 1 aromatic heterocycles. The molecule has 2 N–H and O–H groups in total. The Kier molecular flexibility index (Phi) is 7.10. The van der Waals surface area contributed by atoms with Crippen molar-refractivity contribution < 1.29 is 0 Å². The minimum Gasteiger partial charge on any atom is -0.357 e. The molecule has 0 amide bonds. The Balaban J connectivity index is 2.41. The van der Waals surface area contributed by atoms with E-state index in [9.17, 15) is 0 Å². The molecular weight excluding hydrogens is 244 g/mol. The zero-order chi connectivity index (χ0) is 13.2. The van der Waals surface area contributed by atoms with E-state index in [2.05, 4.69) is 46.4 Å². The molecule has 0 saturated heterocycles. The highest BCUT2D eigenvalue weighted by Crippen LogP contribution is 2.10. The predicted molar refractivity (Wildman–Crippen MR) is 79.4 cm³/mol. The molecule has 1 rings (SSSR count). The lowest BCUT2D eigenvalue weighted by Crippen LogP contribution is -2.37. The van der Waals surface area contributed by atoms with E-state index >= 15 is 0 Å². The van der Waals surface area contributed by atoms with Gasteiger partial charge in [-0.25, -0.2) is 4.98 Å². The number of hydrogen-bond acceptors (Lipinski definition) is 3. The Morgan fingerprint density at radius 1 is 1.50 bits per heavy atom. The van der Waals surface area contributed by atoms with Gasteiger partial charge in [0.25, 0.3) is 0 Å². The summed E-state index contributed by atoms with van der Waals surface area (Å²) in [5, 5.41) is 9.69. The van der Waals surface area contributed by atoms with Crippen LogP contribution in [0.15, 0.2) is 23.0 Å². The second kappa shape index (κ2) is 8.69. The number of aryl methyl sites for hydroxylation is 1. The van der Waals surface area contributed by atoms with Gasteiger partial charge >= 0.3 is 0 Å². The lowest BCUT2D eigenvalue weighted by atomic mass is 10.3. The summed E-state index contributed by atoms with van der Waals surface area (Å²) in [5.41, 5.74) is 1.14. The van der Waals surface area contributed by atoms with Gasteiger partial charge in [-0.05, 0) is 13.3 Å². The van der Waals surface area contributed by atoms with E-state index in [0.29, 0.717) is 0 Å². The van der Waals surface area contributed by atoms with E-state index in [1.165, 1.54) is 5.01 Å². The Labute approximate surface area is 113 Å². The van der Waals surface area contributed by atoms with Crippen molar-refractivity contribution in [2.45, 2.75) is 26.7 Å². The smallest absolute Gasteiger partial charge is 0.191 e. The Morgan fingerprint density at radius 2 is 2.33 bits per heavy atom. The molecule has 0 aromatic carbocycles. The first-order chi connectivity index (χ1) is 8.80. The first-order valence-corrected chi connectivity index (χ1v) is 7.24. The second-order valence-electron chi connectivity index (χ2n) is 3.77. The molecule has 0 aliphatic heterocycles. The fourth-order valence-electron chi connectivity index (χ4n) is 1.42. The molecule has 100 valence electrons. The highest BCUT2D eigenvalue weighted by molar-refractivity contribution is 7.09. The van der Waals surface area contributed by atoms with Crippen molar-refractivity contribution in [2.24, 2.45) is 4.99 Å². The molecule has 0 spiro atoms. The molecule has 0 saturated carbocycles. The summed E-state index contributed by atoms with van der Waals surface area (Å²) in [6, 6.07) is 0. The fourth-order valence-corrected chi connectivity index (χ4v) is 2.20. The van der Waals surface area contributed by atoms with Gasteiger partial charge < -0.3 is 10.6 Å². The van der Waals surface area contributed by atoms with Crippen LogP contribution in [0.4, 0.5) is 0 Å². The third-order valence-corrected chi connectivity index (χ3v) is 3.34. The first kappa shape index (κ1) is 14.7. The first-order valence-electron chi connectivity index (χ1n) is 6.36. The van der Waals surface area contributed by atoms with Crippen LogP contribution >= 0.6 is 11.3 Å². The lowest BCUT2D eigenvalue weighted by molar-refractivity contribution is 0.843. The molecule has 4 nitrogen and oxygen atoms in total. The second-order valence-corrected chi connectivity index (χ2v) is 4.71. The minimum atomic E-state index is 0.725. The molecule has 0 unspecified atom stereocenters. The van der Waals surface area contributed by atoms with Crippen molar-refractivity contribution in [2.75, 3.05) is 19.6 Å². The molecule has 0 bridgehead atoms. The van der Waals surface area contributed by atoms with Crippen LogP contribution in [0.25, 0.3) is 0 Å². The van der Waals surface area contributed by atoms with Crippen LogP contribution in [0.1, 0.15) is 24.5 Å². The number of nitrogens with one attached hydrogen (secondary N) is 2. The monoisotopic (exact) mass is 266 g/mol. The van der Waals surface area contributed by atoms with Gasteiger partial charge in [0, 0.05) is 31.4 Å². The van der Waals surface area contributed by atoms with Crippen molar-refractivity contribution in [3.8, 4) is 0 Å². The average Bonchev–Trinajstić information content (AvgIpc) is 2.84. The summed E-state index contributed by atoms with van der Waals surface area (Å²) >= 11 is 1.73. The third-order valence-electron chi connectivity index (χ3n) is 2.30. The number of hydrogen-bond donors (Lipinski definition) is 2. The van der Waals surface area contributed by atoms with Gasteiger partial charge in [0.2, 0.25) is 0 Å². The number of aliphatic imine (C=N–C) groups is 1. The SMILES string of the molecule is C=CCNC(=NCCc1csc(CC)n1)NCC. The van der Waals surface area contributed by atoms with Gasteiger partial charge in [0.1, 0.15) is 0 Å². The van der Waals surface area contributed by atoms with Gasteiger partial charge in [0.05, 0.1) is 10.7 Å². The van der Waals surface area contributed by atoms with Crippen molar-refractivity contribution in [3.05, 3.63) is 28.7 Å². The van der Waals surface area contributed by atoms with Crippen LogP contribution in [-0.2, 0) is 12.8 Å². The lowest BCUT2D eigenvalue weighted by Gasteiger charge is -2.08. The van der Waals surface area contributed by atoms with Crippen molar-refractivity contribution >= 4 is 17.3 Å². The zero-order valence-electron chi connectivity index (χ0n) is 11.2. The summed E-state index contributed by atoms with van der Waals surface area (Å²) < 4.78 is 0. The number of nitrogens with zero attached hydrogens (tertiary/aromatic N) is 2. The van der Waals surface area contributed by atoms with Crippen molar-refractivity contribution in [1.29, 1.82) is 0 Å². The van der Waals surface area contributed by atoms with Gasteiger partial charge in [-0.3, -0.25) is 4.99 Å². The number of guanidine groups is 1. The van der Waals surface area contributed by atoms with Crippen LogP contribution < -0.4 is 10.6 Å². The molecule has 0 aliphatic carbocycles. The molecule has 18 heavy (non-hydrogen) atoms. The van der Waals surface area contributed by atoms with Crippen LogP contribution in [0.2, 0.25) is 0 Å². The van der Waals surface area contributed by atoms with E-state index in [0.717, 1.165) is 44.1 Å². The zero-order valence-corrected chi connectivity index (χ0v) is 12.0. The minimum absolute atomic E-state index is 0.725. The molecular formula is C13H22N4S. The Morgan fingerprint density at radius 3 is 2.94 bits per heavy atom. The summed E-state index contributed by atoms with van der Waals surface area (Å²) in [4.78, 5) is 9.02. The molecule has 0 radical (unpaired) electrons. The van der Waals surface area contributed by atoms with Gasteiger partial charge in [-0.2, -0.15) is 0 Å². The maximum Gasteiger partial charge on any atom is 0.191 e. The molecule has 0 aliphatic rings. The average molecular weight is 266 g/mol. The Bertz CT molecular complexity index is 384. The molecule has 0 atom stereocenters. The maximum atomic E-state index is 4.53. The maximum absolute atomic E-state index is 4.53. The van der Waals surface area contributed by atoms with E-state index in [1.54, 1.807) is 11.3 Å². The molecule has 5 heteroatoms. The van der Waals surface area contributed by atoms with E-state index in [-0.39, 0.29) is 0 Å². The predicted octanol–water partition coefficient (Wildman–Crippen LogP) is 1.99. The third kappa shape index (κ3) is 5.31. The largest absolute Gasteiger partial charge is 0.357 e. The highest BCUT2D eigenvalue weighted by atomic mass is 32.1. The van der Waals surface area contributed by atoms with E-state index in [1.807, 2.05) is 6.08 Å². The van der Waals surface area contributed by atoms with Crippen molar-refractivity contribution in [1.82, 2.24) is 15.6 Å². The van der Waals surface area contributed by atoms with Gasteiger partial charge in [-0.1, -0.05) is 13.0 Å². The fraction of sp³-hybridized carbons (Fsp3) is 0.538. The van der Waals surface area contributed by atoms with Crippen molar-refractivity contribution in [3.63, 3.8) is 0 Å². The molecule has 1 heterocycles. The topological polar surface area (TPSA) is 49.3 Å². The van der Waals surface area contributed by atoms with E-state index in [4.69, 9.17) is 0 Å². The van der Waals surface area contributed by atoms with Crippen LogP contribution in [0.5, 0.6) is 0 Å². The van der Waals surface area contributed by atoms with E-state index < -0.39 is 0 Å². The summed E-state index contributed by atoms with van der Waals surface area (Å²) in [7, 11) is 0. The number of rotatable bonds is 7. The number of aromatic nitrogens is 1.